The zero-order valence-electron chi connectivity index (χ0n) is 14.8. The van der Waals surface area contributed by atoms with Gasteiger partial charge in [0.25, 0.3) is 5.56 Å². The van der Waals surface area contributed by atoms with Gasteiger partial charge < -0.3 is 9.64 Å². The highest BCUT2D eigenvalue weighted by Crippen LogP contribution is 2.24. The van der Waals surface area contributed by atoms with Gasteiger partial charge in [-0.1, -0.05) is 13.8 Å². The van der Waals surface area contributed by atoms with E-state index in [2.05, 4.69) is 28.7 Å². The monoisotopic (exact) mass is 346 g/mol. The quantitative estimate of drug-likeness (QED) is 0.850. The fourth-order valence-corrected chi connectivity index (χ4v) is 3.16. The molecule has 7 heteroatoms. The van der Waals surface area contributed by atoms with E-state index >= 15 is 0 Å². The summed E-state index contributed by atoms with van der Waals surface area (Å²) in [6.45, 7) is 6.14. The standard InChI is InChI=1S/C18H23FN4O2/c1-12(2)8-13-11-25-7-6-23(13)18-21-16(9-17(24)22(18)3)14-4-5-20-10-15(14)19/h4-5,9-10,12-13H,6-8,11H2,1-3H3/t13-/m1/s1. The second-order valence-corrected chi connectivity index (χ2v) is 6.75. The molecule has 134 valence electrons. The molecule has 0 spiro atoms. The number of pyridine rings is 1. The molecule has 3 heterocycles. The third-order valence-corrected chi connectivity index (χ3v) is 4.39. The molecule has 0 aliphatic carbocycles. The summed E-state index contributed by atoms with van der Waals surface area (Å²) in [7, 11) is 1.69. The third kappa shape index (κ3) is 3.71. The summed E-state index contributed by atoms with van der Waals surface area (Å²) in [4.78, 5) is 22.9. The number of aromatic nitrogens is 3. The molecule has 2 aromatic heterocycles. The van der Waals surface area contributed by atoms with Crippen LogP contribution in [0.25, 0.3) is 11.3 Å². The van der Waals surface area contributed by atoms with Crippen molar-refractivity contribution < 1.29 is 9.13 Å². The SMILES string of the molecule is CC(C)C[C@@H]1COCCN1c1nc(-c2ccncc2F)cc(=O)n1C. The summed E-state index contributed by atoms with van der Waals surface area (Å²) in [5.74, 6) is 0.551. The average Bonchev–Trinajstić information content (AvgIpc) is 2.58. The van der Waals surface area contributed by atoms with Gasteiger partial charge in [-0.2, -0.15) is 0 Å². The molecular weight excluding hydrogens is 323 g/mol. The number of morpholine rings is 1. The van der Waals surface area contributed by atoms with E-state index in [-0.39, 0.29) is 17.2 Å². The van der Waals surface area contributed by atoms with Crippen LogP contribution < -0.4 is 10.5 Å². The van der Waals surface area contributed by atoms with E-state index in [1.54, 1.807) is 7.05 Å². The first-order valence-corrected chi connectivity index (χ1v) is 8.49. The Morgan fingerprint density at radius 3 is 2.96 bits per heavy atom. The normalized spacial score (nSPS) is 18.0. The Morgan fingerprint density at radius 2 is 2.24 bits per heavy atom. The molecule has 0 saturated carbocycles. The van der Waals surface area contributed by atoms with Crippen LogP contribution in [0.3, 0.4) is 0 Å². The highest BCUT2D eigenvalue weighted by molar-refractivity contribution is 5.60. The Hall–Kier alpha value is -2.28. The van der Waals surface area contributed by atoms with Gasteiger partial charge in [-0.15, -0.1) is 0 Å². The minimum atomic E-state index is -0.491. The largest absolute Gasteiger partial charge is 0.377 e. The van der Waals surface area contributed by atoms with Gasteiger partial charge in [-0.3, -0.25) is 14.3 Å². The lowest BCUT2D eigenvalue weighted by atomic mass is 10.0. The van der Waals surface area contributed by atoms with E-state index in [1.165, 1.54) is 22.9 Å². The maximum Gasteiger partial charge on any atom is 0.255 e. The zero-order chi connectivity index (χ0) is 18.0. The van der Waals surface area contributed by atoms with E-state index in [0.29, 0.717) is 37.3 Å². The minimum Gasteiger partial charge on any atom is -0.377 e. The van der Waals surface area contributed by atoms with Crippen LogP contribution in [0.4, 0.5) is 10.3 Å². The maximum absolute atomic E-state index is 14.1. The van der Waals surface area contributed by atoms with Gasteiger partial charge in [-0.25, -0.2) is 9.37 Å². The molecule has 25 heavy (non-hydrogen) atoms. The number of hydrogen-bond donors (Lipinski definition) is 0. The molecule has 1 aliphatic rings. The molecule has 6 nitrogen and oxygen atoms in total. The first-order chi connectivity index (χ1) is 12.0. The van der Waals surface area contributed by atoms with Gasteiger partial charge in [0.2, 0.25) is 5.95 Å². The fourth-order valence-electron chi connectivity index (χ4n) is 3.16. The van der Waals surface area contributed by atoms with Crippen molar-refractivity contribution in [2.24, 2.45) is 13.0 Å². The topological polar surface area (TPSA) is 60.2 Å². The number of halogens is 1. The number of anilines is 1. The molecule has 1 atom stereocenters. The van der Waals surface area contributed by atoms with Crippen molar-refractivity contribution in [2.45, 2.75) is 26.3 Å². The first kappa shape index (κ1) is 17.5. The lowest BCUT2D eigenvalue weighted by Gasteiger charge is -2.38. The number of hydrogen-bond acceptors (Lipinski definition) is 5. The third-order valence-electron chi connectivity index (χ3n) is 4.39. The summed E-state index contributed by atoms with van der Waals surface area (Å²) in [6.07, 6.45) is 3.56. The summed E-state index contributed by atoms with van der Waals surface area (Å²) in [6, 6.07) is 3.04. The Morgan fingerprint density at radius 1 is 1.44 bits per heavy atom. The summed E-state index contributed by atoms with van der Waals surface area (Å²) < 4.78 is 21.2. The molecule has 0 N–H and O–H groups in total. The van der Waals surface area contributed by atoms with Crippen molar-refractivity contribution in [2.75, 3.05) is 24.7 Å². The Balaban J connectivity index is 2.06. The predicted molar refractivity (Wildman–Crippen MR) is 94.1 cm³/mol. The molecule has 0 amide bonds. The van der Waals surface area contributed by atoms with Crippen molar-refractivity contribution >= 4 is 5.95 Å². The van der Waals surface area contributed by atoms with E-state index < -0.39 is 5.82 Å². The van der Waals surface area contributed by atoms with Crippen LogP contribution in [0.5, 0.6) is 0 Å². The van der Waals surface area contributed by atoms with Crippen molar-refractivity contribution in [3.63, 3.8) is 0 Å². The smallest absolute Gasteiger partial charge is 0.255 e. The van der Waals surface area contributed by atoms with Crippen LogP contribution in [0.1, 0.15) is 20.3 Å². The van der Waals surface area contributed by atoms with Crippen LogP contribution in [0, 0.1) is 11.7 Å². The van der Waals surface area contributed by atoms with Gasteiger partial charge in [-0.05, 0) is 18.4 Å². The number of nitrogens with zero attached hydrogens (tertiary/aromatic N) is 4. The van der Waals surface area contributed by atoms with Crippen LogP contribution in [0.2, 0.25) is 0 Å². The lowest BCUT2D eigenvalue weighted by Crippen LogP contribution is -2.48. The molecule has 0 radical (unpaired) electrons. The van der Waals surface area contributed by atoms with E-state index in [4.69, 9.17) is 4.74 Å². The van der Waals surface area contributed by atoms with Crippen molar-refractivity contribution in [3.05, 3.63) is 40.7 Å². The Bertz CT molecular complexity index is 806. The molecular formula is C18H23FN4O2. The Labute approximate surface area is 146 Å². The summed E-state index contributed by atoms with van der Waals surface area (Å²) in [5, 5.41) is 0. The second-order valence-electron chi connectivity index (χ2n) is 6.75. The van der Waals surface area contributed by atoms with E-state index in [1.807, 2.05) is 0 Å². The summed E-state index contributed by atoms with van der Waals surface area (Å²) >= 11 is 0. The van der Waals surface area contributed by atoms with Gasteiger partial charge in [0.1, 0.15) is 0 Å². The highest BCUT2D eigenvalue weighted by atomic mass is 19.1. The van der Waals surface area contributed by atoms with Crippen molar-refractivity contribution in [1.29, 1.82) is 0 Å². The minimum absolute atomic E-state index is 0.143. The zero-order valence-corrected chi connectivity index (χ0v) is 14.8. The number of ether oxygens (including phenoxy) is 1. The molecule has 0 aromatic carbocycles. The van der Waals surface area contributed by atoms with Crippen LogP contribution >= 0.6 is 0 Å². The van der Waals surface area contributed by atoms with Gasteiger partial charge in [0.05, 0.1) is 31.1 Å². The Kier molecular flexibility index (Phi) is 5.13. The molecule has 3 rings (SSSR count). The predicted octanol–water partition coefficient (Wildman–Crippen LogP) is 2.23. The second kappa shape index (κ2) is 7.31. The van der Waals surface area contributed by atoms with Crippen LogP contribution in [-0.4, -0.2) is 40.3 Å². The molecule has 1 fully saturated rings. The van der Waals surface area contributed by atoms with Gasteiger partial charge in [0, 0.05) is 31.4 Å². The fraction of sp³-hybridized carbons (Fsp3) is 0.500. The van der Waals surface area contributed by atoms with Crippen molar-refractivity contribution in [3.8, 4) is 11.3 Å². The van der Waals surface area contributed by atoms with E-state index in [9.17, 15) is 9.18 Å². The van der Waals surface area contributed by atoms with Crippen LogP contribution in [0.15, 0.2) is 29.3 Å². The highest BCUT2D eigenvalue weighted by Gasteiger charge is 2.27. The molecule has 2 aromatic rings. The molecule has 0 bridgehead atoms. The van der Waals surface area contributed by atoms with E-state index in [0.717, 1.165) is 12.6 Å². The van der Waals surface area contributed by atoms with Crippen LogP contribution in [-0.2, 0) is 11.8 Å². The maximum atomic E-state index is 14.1. The van der Waals surface area contributed by atoms with Crippen molar-refractivity contribution in [1.82, 2.24) is 14.5 Å². The van der Waals surface area contributed by atoms with Gasteiger partial charge in [0.15, 0.2) is 5.82 Å². The van der Waals surface area contributed by atoms with Gasteiger partial charge >= 0.3 is 0 Å². The molecule has 0 unspecified atom stereocenters. The average molecular weight is 346 g/mol. The summed E-state index contributed by atoms with van der Waals surface area (Å²) in [5.41, 5.74) is 0.390. The molecule has 1 aliphatic heterocycles. The molecule has 1 saturated heterocycles. The number of rotatable bonds is 4. The lowest BCUT2D eigenvalue weighted by molar-refractivity contribution is 0.0864. The first-order valence-electron chi connectivity index (χ1n) is 8.49.